The fraction of sp³-hybridized carbons (Fsp3) is 0.444. The zero-order valence-corrected chi connectivity index (χ0v) is 15.3. The van der Waals surface area contributed by atoms with Gasteiger partial charge in [0.25, 0.3) is 0 Å². The third-order valence-corrected chi connectivity index (χ3v) is 3.54. The lowest BCUT2D eigenvalue weighted by Gasteiger charge is -2.21. The summed E-state index contributed by atoms with van der Waals surface area (Å²) in [5, 5.41) is 10.3. The van der Waals surface area contributed by atoms with Crippen LogP contribution in [0.5, 0.6) is 0 Å². The van der Waals surface area contributed by atoms with Gasteiger partial charge in [-0.2, -0.15) is 5.10 Å². The number of benzene rings is 1. The third-order valence-electron chi connectivity index (χ3n) is 3.54. The van der Waals surface area contributed by atoms with E-state index in [-0.39, 0.29) is 17.0 Å². The quantitative estimate of drug-likeness (QED) is 0.773. The second-order valence-electron chi connectivity index (χ2n) is 7.89. The zero-order chi connectivity index (χ0) is 18.1. The number of aromatic nitrogens is 2. The number of carbonyl (C=O) groups is 1. The molecule has 6 heteroatoms. The SMILES string of the molecule is CC(C)(C)c1nn(C(C)(C)C)c(N)c1NC(=O)Nc1ccccc1. The average Bonchev–Trinajstić information content (AvgIpc) is 2.77. The van der Waals surface area contributed by atoms with E-state index in [9.17, 15) is 4.79 Å². The number of para-hydroxylation sites is 1. The molecule has 0 atom stereocenters. The number of carbonyl (C=O) groups excluding carboxylic acids is 1. The molecule has 0 spiro atoms. The fourth-order valence-electron chi connectivity index (χ4n) is 2.39. The number of nitrogen functional groups attached to an aromatic ring is 1. The Hall–Kier alpha value is -2.50. The lowest BCUT2D eigenvalue weighted by Crippen LogP contribution is -2.25. The topological polar surface area (TPSA) is 85.0 Å². The molecule has 0 aliphatic rings. The molecule has 2 amide bonds. The number of urea groups is 1. The van der Waals surface area contributed by atoms with Crippen molar-refractivity contribution < 1.29 is 4.79 Å². The molecule has 24 heavy (non-hydrogen) atoms. The largest absolute Gasteiger partial charge is 0.382 e. The molecule has 4 N–H and O–H groups in total. The van der Waals surface area contributed by atoms with Gasteiger partial charge >= 0.3 is 6.03 Å². The molecule has 2 rings (SSSR count). The second-order valence-corrected chi connectivity index (χ2v) is 7.89. The number of nitrogens with two attached hydrogens (primary N) is 1. The first kappa shape index (κ1) is 17.8. The van der Waals surface area contributed by atoms with Gasteiger partial charge in [-0.3, -0.25) is 0 Å². The predicted molar refractivity (Wildman–Crippen MR) is 99.4 cm³/mol. The molecule has 0 radical (unpaired) electrons. The maximum Gasteiger partial charge on any atom is 0.323 e. The van der Waals surface area contributed by atoms with E-state index < -0.39 is 0 Å². The minimum atomic E-state index is -0.341. The van der Waals surface area contributed by atoms with Gasteiger partial charge in [-0.1, -0.05) is 39.0 Å². The summed E-state index contributed by atoms with van der Waals surface area (Å²) in [6, 6.07) is 8.93. The van der Waals surface area contributed by atoms with E-state index in [0.29, 0.717) is 17.2 Å². The maximum absolute atomic E-state index is 12.4. The summed E-state index contributed by atoms with van der Waals surface area (Å²) >= 11 is 0. The molecule has 6 nitrogen and oxygen atoms in total. The summed E-state index contributed by atoms with van der Waals surface area (Å²) in [6.45, 7) is 12.2. The van der Waals surface area contributed by atoms with Gasteiger partial charge in [-0.05, 0) is 32.9 Å². The number of anilines is 3. The van der Waals surface area contributed by atoms with Crippen LogP contribution in [0.15, 0.2) is 30.3 Å². The first-order valence-electron chi connectivity index (χ1n) is 8.02. The summed E-state index contributed by atoms with van der Waals surface area (Å²) in [5.41, 5.74) is 7.80. The molecule has 0 aliphatic carbocycles. The van der Waals surface area contributed by atoms with Crippen molar-refractivity contribution in [2.24, 2.45) is 0 Å². The molecular weight excluding hydrogens is 302 g/mol. The maximum atomic E-state index is 12.4. The highest BCUT2D eigenvalue weighted by atomic mass is 16.2. The Morgan fingerprint density at radius 2 is 1.62 bits per heavy atom. The summed E-state index contributed by atoms with van der Waals surface area (Å²) < 4.78 is 1.76. The Morgan fingerprint density at radius 1 is 1.04 bits per heavy atom. The van der Waals surface area contributed by atoms with Gasteiger partial charge in [-0.25, -0.2) is 9.48 Å². The molecule has 0 saturated carbocycles. The highest BCUT2D eigenvalue weighted by Crippen LogP contribution is 2.35. The molecule has 0 saturated heterocycles. The molecule has 2 aromatic rings. The number of rotatable bonds is 2. The molecule has 0 bridgehead atoms. The molecule has 0 aliphatic heterocycles. The molecule has 0 fully saturated rings. The molecular formula is C18H27N5O. The van der Waals surface area contributed by atoms with Gasteiger partial charge in [0.05, 0.1) is 11.2 Å². The molecule has 130 valence electrons. The normalized spacial score (nSPS) is 12.1. The summed E-state index contributed by atoms with van der Waals surface area (Å²) in [7, 11) is 0. The Morgan fingerprint density at radius 3 is 2.12 bits per heavy atom. The van der Waals surface area contributed by atoms with Gasteiger partial charge in [0.2, 0.25) is 0 Å². The minimum Gasteiger partial charge on any atom is -0.382 e. The Kier molecular flexibility index (Phi) is 4.60. The van der Waals surface area contributed by atoms with Crippen molar-refractivity contribution in [3.63, 3.8) is 0 Å². The monoisotopic (exact) mass is 329 g/mol. The fourth-order valence-corrected chi connectivity index (χ4v) is 2.39. The molecule has 1 heterocycles. The summed E-state index contributed by atoms with van der Waals surface area (Å²) in [4.78, 5) is 12.4. The lowest BCUT2D eigenvalue weighted by atomic mass is 9.91. The number of hydrogen-bond acceptors (Lipinski definition) is 3. The van der Waals surface area contributed by atoms with E-state index in [4.69, 9.17) is 5.73 Å². The second kappa shape index (κ2) is 6.19. The van der Waals surface area contributed by atoms with Crippen molar-refractivity contribution in [2.75, 3.05) is 16.4 Å². The first-order valence-corrected chi connectivity index (χ1v) is 8.02. The first-order chi connectivity index (χ1) is 11.0. The highest BCUT2D eigenvalue weighted by molar-refractivity contribution is 6.01. The summed E-state index contributed by atoms with van der Waals surface area (Å²) in [6.07, 6.45) is 0. The van der Waals surface area contributed by atoms with Crippen LogP contribution in [0, 0.1) is 0 Å². The van der Waals surface area contributed by atoms with Gasteiger partial charge in [0.1, 0.15) is 11.5 Å². The van der Waals surface area contributed by atoms with Crippen LogP contribution < -0.4 is 16.4 Å². The van der Waals surface area contributed by atoms with Crippen molar-refractivity contribution in [1.29, 1.82) is 0 Å². The minimum absolute atomic E-state index is 0.250. The van der Waals surface area contributed by atoms with E-state index in [1.54, 1.807) is 4.68 Å². The van der Waals surface area contributed by atoms with Crippen molar-refractivity contribution in [3.8, 4) is 0 Å². The van der Waals surface area contributed by atoms with Crippen molar-refractivity contribution in [3.05, 3.63) is 36.0 Å². The van der Waals surface area contributed by atoms with Crippen LogP contribution in [0.2, 0.25) is 0 Å². The standard InChI is InChI=1S/C18H27N5O/c1-17(2,3)14-13(15(19)23(22-14)18(4,5)6)21-16(24)20-12-10-8-7-9-11-12/h7-11H,19H2,1-6H3,(H2,20,21,24). The van der Waals surface area contributed by atoms with E-state index in [1.807, 2.05) is 71.9 Å². The van der Waals surface area contributed by atoms with Gasteiger partial charge < -0.3 is 16.4 Å². The van der Waals surface area contributed by atoms with Crippen LogP contribution in [0.4, 0.5) is 22.0 Å². The van der Waals surface area contributed by atoms with Crippen molar-refractivity contribution >= 4 is 23.2 Å². The number of amides is 2. The Bertz CT molecular complexity index is 720. The van der Waals surface area contributed by atoms with Crippen LogP contribution in [-0.2, 0) is 11.0 Å². The van der Waals surface area contributed by atoms with Crippen LogP contribution >= 0.6 is 0 Å². The van der Waals surface area contributed by atoms with Gasteiger partial charge in [0, 0.05) is 11.1 Å². The molecule has 0 unspecified atom stereocenters. The third kappa shape index (κ3) is 3.88. The molecule has 1 aromatic heterocycles. The van der Waals surface area contributed by atoms with Crippen molar-refractivity contribution in [2.45, 2.75) is 52.5 Å². The van der Waals surface area contributed by atoms with Crippen LogP contribution in [-0.4, -0.2) is 15.8 Å². The van der Waals surface area contributed by atoms with E-state index in [1.165, 1.54) is 0 Å². The van der Waals surface area contributed by atoms with E-state index in [2.05, 4.69) is 15.7 Å². The number of nitrogens with one attached hydrogen (secondary N) is 2. The number of hydrogen-bond donors (Lipinski definition) is 3. The smallest absolute Gasteiger partial charge is 0.323 e. The van der Waals surface area contributed by atoms with E-state index in [0.717, 1.165) is 5.69 Å². The van der Waals surface area contributed by atoms with Gasteiger partial charge in [0.15, 0.2) is 0 Å². The lowest BCUT2D eigenvalue weighted by molar-refractivity contribution is 0.262. The predicted octanol–water partition coefficient (Wildman–Crippen LogP) is 4.16. The average molecular weight is 329 g/mol. The molecule has 1 aromatic carbocycles. The van der Waals surface area contributed by atoms with Gasteiger partial charge in [-0.15, -0.1) is 0 Å². The Labute approximate surface area is 143 Å². The van der Waals surface area contributed by atoms with Crippen LogP contribution in [0.25, 0.3) is 0 Å². The highest BCUT2D eigenvalue weighted by Gasteiger charge is 2.30. The van der Waals surface area contributed by atoms with Crippen molar-refractivity contribution in [1.82, 2.24) is 9.78 Å². The van der Waals surface area contributed by atoms with Crippen LogP contribution in [0.3, 0.4) is 0 Å². The zero-order valence-electron chi connectivity index (χ0n) is 15.3. The Balaban J connectivity index is 2.35. The van der Waals surface area contributed by atoms with E-state index >= 15 is 0 Å². The van der Waals surface area contributed by atoms with Crippen LogP contribution in [0.1, 0.15) is 47.2 Å². The number of nitrogens with zero attached hydrogens (tertiary/aromatic N) is 2. The summed E-state index contributed by atoms with van der Waals surface area (Å²) in [5.74, 6) is 0.454.